The van der Waals surface area contributed by atoms with Crippen molar-refractivity contribution in [1.82, 2.24) is 0 Å². The number of anilines is 1. The molecule has 0 aliphatic heterocycles. The van der Waals surface area contributed by atoms with Crippen LogP contribution in [0.4, 0.5) is 5.69 Å². The summed E-state index contributed by atoms with van der Waals surface area (Å²) in [5.74, 6) is 0. The van der Waals surface area contributed by atoms with Crippen LogP contribution < -0.4 is 4.90 Å². The van der Waals surface area contributed by atoms with Gasteiger partial charge in [0.25, 0.3) is 10.1 Å². The average molecular weight is 257 g/mol. The molecule has 0 N–H and O–H groups in total. The highest BCUT2D eigenvalue weighted by Crippen LogP contribution is 2.17. The van der Waals surface area contributed by atoms with Gasteiger partial charge in [0, 0.05) is 19.8 Å². The first kappa shape index (κ1) is 14.0. The van der Waals surface area contributed by atoms with E-state index in [1.54, 1.807) is 24.3 Å². The van der Waals surface area contributed by atoms with E-state index in [1.807, 2.05) is 25.9 Å². The standard InChI is InChI=1S/C12H19NO3S/c1-4-5-10-16-17(14,15)12-8-6-11(7-9-12)13(2)3/h6-9H,4-5,10H2,1-3H3. The molecule has 0 amide bonds. The van der Waals surface area contributed by atoms with Crippen LogP contribution in [0.5, 0.6) is 0 Å². The number of rotatable bonds is 6. The second-order valence-electron chi connectivity index (χ2n) is 4.02. The largest absolute Gasteiger partial charge is 0.378 e. The van der Waals surface area contributed by atoms with Crippen molar-refractivity contribution in [2.45, 2.75) is 24.7 Å². The molecule has 0 saturated carbocycles. The van der Waals surface area contributed by atoms with Gasteiger partial charge in [-0.05, 0) is 30.7 Å². The van der Waals surface area contributed by atoms with E-state index in [-0.39, 0.29) is 11.5 Å². The summed E-state index contributed by atoms with van der Waals surface area (Å²) < 4.78 is 28.4. The molecule has 0 heterocycles. The maximum atomic E-state index is 11.8. The highest BCUT2D eigenvalue weighted by atomic mass is 32.2. The summed E-state index contributed by atoms with van der Waals surface area (Å²) in [5.41, 5.74) is 0.956. The predicted octanol–water partition coefficient (Wildman–Crippen LogP) is 2.26. The van der Waals surface area contributed by atoms with Crippen LogP contribution in [0.2, 0.25) is 0 Å². The van der Waals surface area contributed by atoms with Crippen molar-refractivity contribution < 1.29 is 12.6 Å². The first-order chi connectivity index (χ1) is 7.97. The van der Waals surface area contributed by atoms with E-state index in [0.29, 0.717) is 0 Å². The van der Waals surface area contributed by atoms with Crippen LogP contribution in [-0.2, 0) is 14.3 Å². The number of hydrogen-bond donors (Lipinski definition) is 0. The molecule has 0 aliphatic rings. The van der Waals surface area contributed by atoms with E-state index in [2.05, 4.69) is 0 Å². The van der Waals surface area contributed by atoms with E-state index in [1.165, 1.54) is 0 Å². The van der Waals surface area contributed by atoms with Crippen molar-refractivity contribution in [2.75, 3.05) is 25.6 Å². The molecule has 1 rings (SSSR count). The minimum absolute atomic E-state index is 0.208. The summed E-state index contributed by atoms with van der Waals surface area (Å²) in [4.78, 5) is 2.12. The van der Waals surface area contributed by atoms with Gasteiger partial charge < -0.3 is 4.90 Å². The maximum Gasteiger partial charge on any atom is 0.296 e. The lowest BCUT2D eigenvalue weighted by Gasteiger charge is -2.12. The van der Waals surface area contributed by atoms with Crippen LogP contribution in [-0.4, -0.2) is 29.1 Å². The molecule has 1 aromatic carbocycles. The Morgan fingerprint density at radius 2 is 1.76 bits per heavy atom. The van der Waals surface area contributed by atoms with Crippen LogP contribution in [0, 0.1) is 0 Å². The third-order valence-corrected chi connectivity index (χ3v) is 3.70. The molecule has 96 valence electrons. The smallest absolute Gasteiger partial charge is 0.296 e. The third kappa shape index (κ3) is 4.02. The summed E-state index contributed by atoms with van der Waals surface area (Å²) >= 11 is 0. The third-order valence-electron chi connectivity index (χ3n) is 2.38. The van der Waals surface area contributed by atoms with Crippen LogP contribution >= 0.6 is 0 Å². The Kier molecular flexibility index (Phi) is 4.96. The molecule has 5 heteroatoms. The molecule has 0 spiro atoms. The Morgan fingerprint density at radius 3 is 2.24 bits per heavy atom. The Labute approximate surface area is 103 Å². The van der Waals surface area contributed by atoms with Gasteiger partial charge in [0.05, 0.1) is 11.5 Å². The molecule has 0 fully saturated rings. The Balaban J connectivity index is 2.78. The molecular weight excluding hydrogens is 238 g/mol. The van der Waals surface area contributed by atoms with E-state index in [4.69, 9.17) is 4.18 Å². The van der Waals surface area contributed by atoms with Crippen molar-refractivity contribution in [2.24, 2.45) is 0 Å². The fourth-order valence-electron chi connectivity index (χ4n) is 1.29. The lowest BCUT2D eigenvalue weighted by Crippen LogP contribution is -2.10. The lowest BCUT2D eigenvalue weighted by molar-refractivity contribution is 0.311. The van der Waals surface area contributed by atoms with Gasteiger partial charge in [0.2, 0.25) is 0 Å². The molecule has 0 saturated heterocycles. The first-order valence-electron chi connectivity index (χ1n) is 5.64. The summed E-state index contributed by atoms with van der Waals surface area (Å²) in [6, 6.07) is 6.65. The van der Waals surface area contributed by atoms with E-state index < -0.39 is 10.1 Å². The highest BCUT2D eigenvalue weighted by Gasteiger charge is 2.14. The monoisotopic (exact) mass is 257 g/mol. The van der Waals surface area contributed by atoms with E-state index in [9.17, 15) is 8.42 Å². The zero-order chi connectivity index (χ0) is 12.9. The van der Waals surface area contributed by atoms with Crippen LogP contribution in [0.25, 0.3) is 0 Å². The van der Waals surface area contributed by atoms with E-state index in [0.717, 1.165) is 18.5 Å². The normalized spacial score (nSPS) is 11.5. The zero-order valence-electron chi connectivity index (χ0n) is 10.5. The Bertz CT molecular complexity index is 437. The Hall–Kier alpha value is -1.07. The SMILES string of the molecule is CCCCOS(=O)(=O)c1ccc(N(C)C)cc1. The van der Waals surface area contributed by atoms with Crippen molar-refractivity contribution >= 4 is 15.8 Å². The zero-order valence-corrected chi connectivity index (χ0v) is 11.3. The number of hydrogen-bond acceptors (Lipinski definition) is 4. The highest BCUT2D eigenvalue weighted by molar-refractivity contribution is 7.86. The maximum absolute atomic E-state index is 11.8. The number of unbranched alkanes of at least 4 members (excludes halogenated alkanes) is 1. The van der Waals surface area contributed by atoms with Gasteiger partial charge in [0.15, 0.2) is 0 Å². The lowest BCUT2D eigenvalue weighted by atomic mass is 10.3. The average Bonchev–Trinajstić information content (AvgIpc) is 2.29. The van der Waals surface area contributed by atoms with Gasteiger partial charge in [0.1, 0.15) is 0 Å². The number of nitrogens with zero attached hydrogens (tertiary/aromatic N) is 1. The van der Waals surface area contributed by atoms with Crippen LogP contribution in [0.3, 0.4) is 0 Å². The minimum Gasteiger partial charge on any atom is -0.378 e. The quantitative estimate of drug-likeness (QED) is 0.579. The fourth-order valence-corrected chi connectivity index (χ4v) is 2.23. The fraction of sp³-hybridized carbons (Fsp3) is 0.500. The number of benzene rings is 1. The molecule has 0 bridgehead atoms. The van der Waals surface area contributed by atoms with Gasteiger partial charge in [-0.1, -0.05) is 13.3 Å². The molecule has 4 nitrogen and oxygen atoms in total. The van der Waals surface area contributed by atoms with Gasteiger partial charge in [-0.25, -0.2) is 0 Å². The molecule has 0 aromatic heterocycles. The van der Waals surface area contributed by atoms with Crippen LogP contribution in [0.15, 0.2) is 29.2 Å². The topological polar surface area (TPSA) is 46.6 Å². The summed E-state index contributed by atoms with van der Waals surface area (Å²) in [5, 5.41) is 0. The molecule has 0 radical (unpaired) electrons. The molecule has 17 heavy (non-hydrogen) atoms. The van der Waals surface area contributed by atoms with Crippen molar-refractivity contribution in [1.29, 1.82) is 0 Å². The van der Waals surface area contributed by atoms with Crippen molar-refractivity contribution in [3.8, 4) is 0 Å². The first-order valence-corrected chi connectivity index (χ1v) is 7.05. The summed E-state index contributed by atoms with van der Waals surface area (Å²) in [6.07, 6.45) is 1.66. The van der Waals surface area contributed by atoms with Gasteiger partial charge >= 0.3 is 0 Å². The van der Waals surface area contributed by atoms with Crippen molar-refractivity contribution in [3.63, 3.8) is 0 Å². The summed E-state index contributed by atoms with van der Waals surface area (Å²) in [7, 11) is 0.215. The molecular formula is C12H19NO3S. The van der Waals surface area contributed by atoms with Gasteiger partial charge in [-0.15, -0.1) is 0 Å². The van der Waals surface area contributed by atoms with E-state index >= 15 is 0 Å². The van der Waals surface area contributed by atoms with Crippen LogP contribution in [0.1, 0.15) is 19.8 Å². The second kappa shape index (κ2) is 6.02. The molecule has 1 aromatic rings. The molecule has 0 aliphatic carbocycles. The Morgan fingerprint density at radius 1 is 1.18 bits per heavy atom. The molecule has 0 atom stereocenters. The minimum atomic E-state index is -3.59. The second-order valence-corrected chi connectivity index (χ2v) is 5.63. The predicted molar refractivity (Wildman–Crippen MR) is 68.8 cm³/mol. The summed E-state index contributed by atoms with van der Waals surface area (Å²) in [6.45, 7) is 2.23. The van der Waals surface area contributed by atoms with Crippen molar-refractivity contribution in [3.05, 3.63) is 24.3 Å². The van der Waals surface area contributed by atoms with Gasteiger partial charge in [-0.2, -0.15) is 8.42 Å². The van der Waals surface area contributed by atoms with Gasteiger partial charge in [-0.3, -0.25) is 4.18 Å². The molecule has 0 unspecified atom stereocenters.